The van der Waals surface area contributed by atoms with Gasteiger partial charge in [0.15, 0.2) is 0 Å². The standard InChI is InChI=1S/C13H26O/c1-4-5-10-14-12(3)13-8-6-11(2)7-9-13/h11-13H,4-10H2,1-3H3. The Kier molecular flexibility index (Phi) is 5.54. The van der Waals surface area contributed by atoms with Crippen molar-refractivity contribution in [3.8, 4) is 0 Å². The summed E-state index contributed by atoms with van der Waals surface area (Å²) in [4.78, 5) is 0. The van der Waals surface area contributed by atoms with Gasteiger partial charge in [-0.3, -0.25) is 0 Å². The maximum absolute atomic E-state index is 5.86. The van der Waals surface area contributed by atoms with Crippen molar-refractivity contribution in [2.24, 2.45) is 11.8 Å². The maximum atomic E-state index is 5.86. The van der Waals surface area contributed by atoms with E-state index in [9.17, 15) is 0 Å². The lowest BCUT2D eigenvalue weighted by atomic mass is 9.80. The Hall–Kier alpha value is -0.0400. The lowest BCUT2D eigenvalue weighted by molar-refractivity contribution is 0.00733. The van der Waals surface area contributed by atoms with E-state index in [4.69, 9.17) is 4.74 Å². The zero-order valence-electron chi connectivity index (χ0n) is 10.1. The zero-order chi connectivity index (χ0) is 10.4. The van der Waals surface area contributed by atoms with Crippen LogP contribution in [-0.2, 0) is 4.74 Å². The van der Waals surface area contributed by atoms with E-state index in [0.29, 0.717) is 6.10 Å². The Labute approximate surface area is 89.2 Å². The van der Waals surface area contributed by atoms with Crippen molar-refractivity contribution in [2.75, 3.05) is 6.61 Å². The molecule has 0 radical (unpaired) electrons. The highest BCUT2D eigenvalue weighted by molar-refractivity contribution is 4.74. The molecule has 0 amide bonds. The Morgan fingerprint density at radius 1 is 1.21 bits per heavy atom. The van der Waals surface area contributed by atoms with Crippen LogP contribution in [-0.4, -0.2) is 12.7 Å². The Morgan fingerprint density at radius 2 is 1.86 bits per heavy atom. The SMILES string of the molecule is CCCCOC(C)C1CCC(C)CC1. The predicted octanol–water partition coefficient (Wildman–Crippen LogP) is 4.02. The number of rotatable bonds is 5. The van der Waals surface area contributed by atoms with Crippen molar-refractivity contribution >= 4 is 0 Å². The average molecular weight is 198 g/mol. The highest BCUT2D eigenvalue weighted by atomic mass is 16.5. The minimum Gasteiger partial charge on any atom is -0.378 e. The molecule has 0 aliphatic heterocycles. The lowest BCUT2D eigenvalue weighted by Crippen LogP contribution is -2.25. The predicted molar refractivity (Wildman–Crippen MR) is 61.4 cm³/mol. The van der Waals surface area contributed by atoms with Gasteiger partial charge in [-0.05, 0) is 38.0 Å². The van der Waals surface area contributed by atoms with Crippen LogP contribution in [0.25, 0.3) is 0 Å². The first-order valence-electron chi connectivity index (χ1n) is 6.35. The van der Waals surface area contributed by atoms with E-state index < -0.39 is 0 Å². The van der Waals surface area contributed by atoms with Gasteiger partial charge in [-0.2, -0.15) is 0 Å². The summed E-state index contributed by atoms with van der Waals surface area (Å²) in [6.45, 7) is 7.81. The van der Waals surface area contributed by atoms with Crippen LogP contribution in [0.15, 0.2) is 0 Å². The summed E-state index contributed by atoms with van der Waals surface area (Å²) < 4.78 is 5.86. The minimum absolute atomic E-state index is 0.494. The van der Waals surface area contributed by atoms with Crippen LogP contribution in [0.3, 0.4) is 0 Å². The quantitative estimate of drug-likeness (QED) is 0.606. The molecule has 1 heteroatoms. The zero-order valence-corrected chi connectivity index (χ0v) is 10.1. The van der Waals surface area contributed by atoms with Gasteiger partial charge in [0.05, 0.1) is 6.10 Å². The van der Waals surface area contributed by atoms with Gasteiger partial charge < -0.3 is 4.74 Å². The lowest BCUT2D eigenvalue weighted by Gasteiger charge is -2.30. The van der Waals surface area contributed by atoms with Gasteiger partial charge in [-0.15, -0.1) is 0 Å². The molecule has 0 N–H and O–H groups in total. The number of ether oxygens (including phenoxy) is 1. The first kappa shape index (κ1) is 12.0. The molecule has 1 atom stereocenters. The molecule has 1 aliphatic carbocycles. The van der Waals surface area contributed by atoms with Crippen molar-refractivity contribution in [1.29, 1.82) is 0 Å². The van der Waals surface area contributed by atoms with Crippen LogP contribution in [0.5, 0.6) is 0 Å². The molecular formula is C13H26O. The summed E-state index contributed by atoms with van der Waals surface area (Å²) in [6, 6.07) is 0. The van der Waals surface area contributed by atoms with E-state index in [1.54, 1.807) is 0 Å². The molecule has 1 rings (SSSR count). The van der Waals surface area contributed by atoms with Gasteiger partial charge in [0.25, 0.3) is 0 Å². The number of hydrogen-bond donors (Lipinski definition) is 0. The molecule has 0 spiro atoms. The van der Waals surface area contributed by atoms with Gasteiger partial charge in [-0.25, -0.2) is 0 Å². The monoisotopic (exact) mass is 198 g/mol. The van der Waals surface area contributed by atoms with Crippen LogP contribution >= 0.6 is 0 Å². The first-order valence-corrected chi connectivity index (χ1v) is 6.35. The smallest absolute Gasteiger partial charge is 0.0575 e. The third-order valence-electron chi connectivity index (χ3n) is 3.60. The third-order valence-corrected chi connectivity index (χ3v) is 3.60. The van der Waals surface area contributed by atoms with Crippen molar-refractivity contribution in [2.45, 2.75) is 65.4 Å². The van der Waals surface area contributed by atoms with Gasteiger partial charge in [0.2, 0.25) is 0 Å². The number of unbranched alkanes of at least 4 members (excludes halogenated alkanes) is 1. The molecule has 0 bridgehead atoms. The molecule has 0 aromatic carbocycles. The second kappa shape index (κ2) is 6.44. The summed E-state index contributed by atoms with van der Waals surface area (Å²) >= 11 is 0. The molecule has 0 saturated heterocycles. The summed E-state index contributed by atoms with van der Waals surface area (Å²) in [5, 5.41) is 0. The van der Waals surface area contributed by atoms with E-state index in [1.807, 2.05) is 0 Å². The van der Waals surface area contributed by atoms with Gasteiger partial charge in [-0.1, -0.05) is 33.1 Å². The second-order valence-corrected chi connectivity index (χ2v) is 4.95. The molecule has 0 aromatic heterocycles. The molecular weight excluding hydrogens is 172 g/mol. The van der Waals surface area contributed by atoms with E-state index in [-0.39, 0.29) is 0 Å². The molecule has 1 unspecified atom stereocenters. The number of hydrogen-bond acceptors (Lipinski definition) is 1. The summed E-state index contributed by atoms with van der Waals surface area (Å²) in [6.07, 6.45) is 8.54. The van der Waals surface area contributed by atoms with Crippen LogP contribution in [0, 0.1) is 11.8 Å². The maximum Gasteiger partial charge on any atom is 0.0575 e. The Morgan fingerprint density at radius 3 is 2.43 bits per heavy atom. The van der Waals surface area contributed by atoms with E-state index in [1.165, 1.54) is 38.5 Å². The van der Waals surface area contributed by atoms with Crippen LogP contribution in [0.4, 0.5) is 0 Å². The van der Waals surface area contributed by atoms with Crippen LogP contribution in [0.2, 0.25) is 0 Å². The molecule has 84 valence electrons. The highest BCUT2D eigenvalue weighted by Crippen LogP contribution is 2.31. The molecule has 0 heterocycles. The fraction of sp³-hybridized carbons (Fsp3) is 1.00. The highest BCUT2D eigenvalue weighted by Gasteiger charge is 2.23. The summed E-state index contributed by atoms with van der Waals surface area (Å²) in [5.74, 6) is 1.79. The van der Waals surface area contributed by atoms with Crippen molar-refractivity contribution in [1.82, 2.24) is 0 Å². The van der Waals surface area contributed by atoms with E-state index in [0.717, 1.165) is 18.4 Å². The summed E-state index contributed by atoms with van der Waals surface area (Å²) in [5.41, 5.74) is 0. The van der Waals surface area contributed by atoms with Crippen molar-refractivity contribution in [3.63, 3.8) is 0 Å². The minimum atomic E-state index is 0.494. The molecule has 1 saturated carbocycles. The molecule has 0 aromatic rings. The Bertz CT molecular complexity index is 136. The van der Waals surface area contributed by atoms with Crippen molar-refractivity contribution in [3.05, 3.63) is 0 Å². The summed E-state index contributed by atoms with van der Waals surface area (Å²) in [7, 11) is 0. The van der Waals surface area contributed by atoms with Crippen LogP contribution < -0.4 is 0 Å². The van der Waals surface area contributed by atoms with Gasteiger partial charge >= 0.3 is 0 Å². The molecule has 1 nitrogen and oxygen atoms in total. The van der Waals surface area contributed by atoms with E-state index >= 15 is 0 Å². The topological polar surface area (TPSA) is 9.23 Å². The second-order valence-electron chi connectivity index (χ2n) is 4.95. The van der Waals surface area contributed by atoms with Crippen molar-refractivity contribution < 1.29 is 4.74 Å². The van der Waals surface area contributed by atoms with E-state index in [2.05, 4.69) is 20.8 Å². The first-order chi connectivity index (χ1) is 6.74. The average Bonchev–Trinajstić information content (AvgIpc) is 2.19. The Balaban J connectivity index is 2.13. The van der Waals surface area contributed by atoms with Crippen LogP contribution in [0.1, 0.15) is 59.3 Å². The molecule has 14 heavy (non-hydrogen) atoms. The van der Waals surface area contributed by atoms with Gasteiger partial charge in [0.1, 0.15) is 0 Å². The molecule has 1 aliphatic rings. The largest absolute Gasteiger partial charge is 0.378 e. The third kappa shape index (κ3) is 4.00. The fourth-order valence-corrected chi connectivity index (χ4v) is 2.30. The van der Waals surface area contributed by atoms with Gasteiger partial charge in [0, 0.05) is 6.61 Å². The fourth-order valence-electron chi connectivity index (χ4n) is 2.30. The normalized spacial score (nSPS) is 30.2. The molecule has 1 fully saturated rings.